The number of aromatic nitrogens is 5. The minimum absolute atomic E-state index is 0.0825. The molecule has 0 radical (unpaired) electrons. The van der Waals surface area contributed by atoms with Crippen molar-refractivity contribution in [2.75, 3.05) is 6.54 Å². The molecule has 0 fully saturated rings. The molecule has 0 bridgehead atoms. The summed E-state index contributed by atoms with van der Waals surface area (Å²) in [5, 5.41) is 4.83. The monoisotopic (exact) mass is 482 g/mol. The van der Waals surface area contributed by atoms with Crippen molar-refractivity contribution < 1.29 is 26.8 Å². The number of H-pyrrole nitrogens is 1. The van der Waals surface area contributed by atoms with Crippen molar-refractivity contribution in [3.05, 3.63) is 77.5 Å². The number of amides is 1. The smallest absolute Gasteiger partial charge is 0.437 e. The summed E-state index contributed by atoms with van der Waals surface area (Å²) < 4.78 is 54.5. The number of halogens is 3. The summed E-state index contributed by atoms with van der Waals surface area (Å²) in [5.41, 5.74) is 0.549. The maximum absolute atomic E-state index is 13.9. The van der Waals surface area contributed by atoms with Gasteiger partial charge in [0.15, 0.2) is 5.69 Å². The van der Waals surface area contributed by atoms with E-state index in [1.807, 2.05) is 18.2 Å². The lowest BCUT2D eigenvalue weighted by molar-refractivity contribution is -0.141. The number of fused-ring (bicyclic) bond motifs is 2. The van der Waals surface area contributed by atoms with E-state index in [0.29, 0.717) is 23.5 Å². The molecular weight excluding hydrogens is 465 g/mol. The Morgan fingerprint density at radius 2 is 2.03 bits per heavy atom. The molecule has 1 atom stereocenters. The first-order valence-corrected chi connectivity index (χ1v) is 10.7. The minimum atomic E-state index is -4.91. The molecule has 1 aliphatic heterocycles. The number of nitrogens with zero attached hydrogens (tertiary/aromatic N) is 5. The SMILES string of the molecule is Cn1ccc(-c2nc(C(F)(F)F)c(C(=O)N3CCc4[nH]cnc4[C@H]3c3cc4ccccc4o3)o2)n1. The van der Waals surface area contributed by atoms with Gasteiger partial charge in [-0.15, -0.1) is 0 Å². The van der Waals surface area contributed by atoms with Crippen LogP contribution in [0, 0.1) is 0 Å². The van der Waals surface area contributed by atoms with Crippen molar-refractivity contribution in [1.29, 1.82) is 0 Å². The molecule has 12 heteroatoms. The van der Waals surface area contributed by atoms with E-state index >= 15 is 0 Å². The molecule has 4 aromatic heterocycles. The maximum atomic E-state index is 13.9. The molecule has 6 rings (SSSR count). The highest BCUT2D eigenvalue weighted by atomic mass is 19.4. The topological polar surface area (TPSA) is 106 Å². The molecule has 1 aliphatic rings. The zero-order chi connectivity index (χ0) is 24.3. The van der Waals surface area contributed by atoms with E-state index in [1.54, 1.807) is 19.2 Å². The van der Waals surface area contributed by atoms with Crippen LogP contribution < -0.4 is 0 Å². The number of carbonyl (C=O) groups excluding carboxylic acids is 1. The Balaban J connectivity index is 1.47. The Morgan fingerprint density at radius 3 is 2.77 bits per heavy atom. The van der Waals surface area contributed by atoms with Gasteiger partial charge in [-0.05, 0) is 18.2 Å². The molecule has 0 saturated heterocycles. The number of hydrogen-bond acceptors (Lipinski definition) is 6. The van der Waals surface area contributed by atoms with Crippen LogP contribution in [0.3, 0.4) is 0 Å². The van der Waals surface area contributed by atoms with Crippen LogP contribution in [0.4, 0.5) is 13.2 Å². The molecule has 9 nitrogen and oxygen atoms in total. The van der Waals surface area contributed by atoms with Gasteiger partial charge in [0.05, 0.1) is 12.0 Å². The number of benzene rings is 1. The van der Waals surface area contributed by atoms with E-state index in [0.717, 1.165) is 11.1 Å². The average molecular weight is 482 g/mol. The highest BCUT2D eigenvalue weighted by Gasteiger charge is 2.45. The molecule has 35 heavy (non-hydrogen) atoms. The lowest BCUT2D eigenvalue weighted by Gasteiger charge is -2.33. The lowest BCUT2D eigenvalue weighted by atomic mass is 9.99. The predicted octanol–water partition coefficient (Wildman–Crippen LogP) is 4.35. The van der Waals surface area contributed by atoms with Gasteiger partial charge >= 0.3 is 6.18 Å². The van der Waals surface area contributed by atoms with Crippen molar-refractivity contribution in [2.24, 2.45) is 7.05 Å². The summed E-state index contributed by atoms with van der Waals surface area (Å²) in [6.45, 7) is 0.118. The van der Waals surface area contributed by atoms with E-state index < -0.39 is 29.6 Å². The van der Waals surface area contributed by atoms with Gasteiger partial charge in [-0.2, -0.15) is 18.3 Å². The van der Waals surface area contributed by atoms with Crippen LogP contribution in [-0.2, 0) is 19.6 Å². The summed E-state index contributed by atoms with van der Waals surface area (Å²) in [5.74, 6) is -1.88. The number of nitrogens with one attached hydrogen (secondary N) is 1. The second kappa shape index (κ2) is 7.58. The summed E-state index contributed by atoms with van der Waals surface area (Å²) >= 11 is 0. The Bertz CT molecular complexity index is 1530. The van der Waals surface area contributed by atoms with Gasteiger partial charge in [-0.25, -0.2) is 9.97 Å². The van der Waals surface area contributed by atoms with Crippen molar-refractivity contribution in [3.8, 4) is 11.6 Å². The predicted molar refractivity (Wildman–Crippen MR) is 115 cm³/mol. The molecular formula is C23H17F3N6O3. The Hall–Kier alpha value is -4.35. The Kier molecular flexibility index (Phi) is 4.59. The number of furan rings is 1. The largest absolute Gasteiger partial charge is 0.458 e. The second-order valence-electron chi connectivity index (χ2n) is 8.17. The number of aryl methyl sites for hydroxylation is 1. The van der Waals surface area contributed by atoms with Crippen molar-refractivity contribution in [3.63, 3.8) is 0 Å². The van der Waals surface area contributed by atoms with Crippen molar-refractivity contribution in [1.82, 2.24) is 29.6 Å². The zero-order valence-corrected chi connectivity index (χ0v) is 18.2. The fourth-order valence-electron chi connectivity index (χ4n) is 4.35. The van der Waals surface area contributed by atoms with Crippen molar-refractivity contribution in [2.45, 2.75) is 18.6 Å². The van der Waals surface area contributed by atoms with Crippen LogP contribution in [0.5, 0.6) is 0 Å². The van der Waals surface area contributed by atoms with Gasteiger partial charge in [-0.3, -0.25) is 9.48 Å². The fourth-order valence-corrected chi connectivity index (χ4v) is 4.35. The van der Waals surface area contributed by atoms with Gasteiger partial charge in [0.1, 0.15) is 23.1 Å². The van der Waals surface area contributed by atoms with E-state index in [1.165, 1.54) is 28.2 Å². The third-order valence-corrected chi connectivity index (χ3v) is 5.92. The normalized spacial score (nSPS) is 16.1. The third kappa shape index (κ3) is 3.49. The van der Waals surface area contributed by atoms with Crippen LogP contribution in [0.25, 0.3) is 22.6 Å². The summed E-state index contributed by atoms with van der Waals surface area (Å²) in [4.78, 5) is 25.9. The first kappa shape index (κ1) is 21.2. The van der Waals surface area contributed by atoms with E-state index in [4.69, 9.17) is 8.83 Å². The van der Waals surface area contributed by atoms with E-state index in [9.17, 15) is 18.0 Å². The average Bonchev–Trinajstić information content (AvgIpc) is 3.61. The van der Waals surface area contributed by atoms with Crippen LogP contribution in [0.2, 0.25) is 0 Å². The minimum Gasteiger partial charge on any atom is -0.458 e. The maximum Gasteiger partial charge on any atom is 0.437 e. The number of oxazole rings is 1. The number of carbonyl (C=O) groups is 1. The van der Waals surface area contributed by atoms with E-state index in [2.05, 4.69) is 20.1 Å². The summed E-state index contributed by atoms with van der Waals surface area (Å²) in [6.07, 6.45) is -1.51. The van der Waals surface area contributed by atoms with Crippen LogP contribution in [0.1, 0.15) is 39.4 Å². The first-order valence-electron chi connectivity index (χ1n) is 10.7. The quantitative estimate of drug-likeness (QED) is 0.410. The molecule has 178 valence electrons. The first-order chi connectivity index (χ1) is 16.8. The molecule has 1 amide bonds. The molecule has 0 spiro atoms. The highest BCUT2D eigenvalue weighted by Crippen LogP contribution is 2.40. The number of imidazole rings is 1. The van der Waals surface area contributed by atoms with Gasteiger partial charge in [-0.1, -0.05) is 18.2 Å². The number of para-hydroxylation sites is 1. The standard InChI is InChI=1S/C23H17F3N6O3/c1-31-8-6-14(30-31)21-29-20(23(24,25)26)19(35-21)22(33)32-9-7-13-17(28-11-27-13)18(32)16-10-12-4-2-3-5-15(12)34-16/h2-6,8,10-11,18H,7,9H2,1H3,(H,27,28)/t18-/m1/s1. The molecule has 5 aromatic rings. The van der Waals surface area contributed by atoms with E-state index in [-0.39, 0.29) is 18.1 Å². The van der Waals surface area contributed by atoms with Gasteiger partial charge in [0.2, 0.25) is 11.7 Å². The second-order valence-corrected chi connectivity index (χ2v) is 8.17. The third-order valence-electron chi connectivity index (χ3n) is 5.92. The number of alkyl halides is 3. The lowest BCUT2D eigenvalue weighted by Crippen LogP contribution is -2.41. The van der Waals surface area contributed by atoms with Gasteiger partial charge in [0.25, 0.3) is 5.91 Å². The Labute approximate surface area is 195 Å². The van der Waals surface area contributed by atoms with Crippen molar-refractivity contribution >= 4 is 16.9 Å². The number of hydrogen-bond donors (Lipinski definition) is 1. The zero-order valence-electron chi connectivity index (χ0n) is 18.2. The van der Waals surface area contributed by atoms with Crippen LogP contribution in [0.15, 0.2) is 57.8 Å². The molecule has 1 aromatic carbocycles. The summed E-state index contributed by atoms with van der Waals surface area (Å²) in [6, 6.07) is 9.63. The number of rotatable bonds is 3. The van der Waals surface area contributed by atoms with Crippen LogP contribution in [-0.4, -0.2) is 42.1 Å². The fraction of sp³-hybridized carbons (Fsp3) is 0.217. The summed E-state index contributed by atoms with van der Waals surface area (Å²) in [7, 11) is 1.61. The molecule has 0 unspecified atom stereocenters. The Morgan fingerprint density at radius 1 is 1.20 bits per heavy atom. The van der Waals surface area contributed by atoms with Gasteiger partial charge < -0.3 is 18.7 Å². The molecule has 0 aliphatic carbocycles. The molecule has 5 heterocycles. The number of aromatic amines is 1. The van der Waals surface area contributed by atoms with Crippen LogP contribution >= 0.6 is 0 Å². The molecule has 1 N–H and O–H groups in total. The van der Waals surface area contributed by atoms with Gasteiger partial charge in [0, 0.05) is 37.3 Å². The molecule has 0 saturated carbocycles. The highest BCUT2D eigenvalue weighted by molar-refractivity contribution is 5.94.